The van der Waals surface area contributed by atoms with Crippen LogP contribution in [0.4, 0.5) is 17.1 Å². The molecule has 0 bridgehead atoms. The zero-order valence-electron chi connectivity index (χ0n) is 42.3. The van der Waals surface area contributed by atoms with Crippen molar-refractivity contribution < 1.29 is 0 Å². The lowest BCUT2D eigenvalue weighted by Crippen LogP contribution is -2.16. The highest BCUT2D eigenvalue weighted by atomic mass is 15.1. The molecule has 0 spiro atoms. The van der Waals surface area contributed by atoms with Crippen LogP contribution in [0.15, 0.2) is 273 Å². The first-order chi connectivity index (χ1) is 37.5. The number of nitrogens with zero attached hydrogens (tertiary/aromatic N) is 3. The summed E-state index contributed by atoms with van der Waals surface area (Å²) in [6.45, 7) is 4.74. The van der Waals surface area contributed by atoms with Crippen LogP contribution in [0.2, 0.25) is 0 Å². The maximum Gasteiger partial charge on any atom is 0.0620 e. The summed E-state index contributed by atoms with van der Waals surface area (Å²) >= 11 is 0. The van der Waals surface area contributed by atoms with Gasteiger partial charge in [-0.2, -0.15) is 0 Å². The molecule has 0 aliphatic heterocycles. The van der Waals surface area contributed by atoms with Gasteiger partial charge in [0.2, 0.25) is 0 Å². The molecule has 3 heteroatoms. The lowest BCUT2D eigenvalue weighted by molar-refractivity contribution is 0.660. The van der Waals surface area contributed by atoms with E-state index in [-0.39, 0.29) is 5.41 Å². The fourth-order valence-electron chi connectivity index (χ4n) is 12.8. The molecule has 0 radical (unpaired) electrons. The van der Waals surface area contributed by atoms with E-state index in [0.717, 1.165) is 28.4 Å². The summed E-state index contributed by atoms with van der Waals surface area (Å²) in [4.78, 5) is 2.46. The van der Waals surface area contributed by atoms with Crippen LogP contribution in [-0.4, -0.2) is 9.13 Å². The first-order valence-corrected chi connectivity index (χ1v) is 26.4. The van der Waals surface area contributed by atoms with Gasteiger partial charge >= 0.3 is 0 Å². The number of para-hydroxylation sites is 3. The second-order valence-corrected chi connectivity index (χ2v) is 20.9. The number of hydrogen-bond donors (Lipinski definition) is 0. The summed E-state index contributed by atoms with van der Waals surface area (Å²) in [6.07, 6.45) is 0. The molecule has 2 aromatic heterocycles. The third kappa shape index (κ3) is 6.75. The maximum absolute atomic E-state index is 2.49. The molecule has 0 atom stereocenters. The van der Waals surface area contributed by atoms with Crippen molar-refractivity contribution in [2.75, 3.05) is 4.90 Å². The number of rotatable bonds is 8. The van der Waals surface area contributed by atoms with E-state index < -0.39 is 0 Å². The molecule has 358 valence electrons. The number of benzene rings is 12. The molecule has 1 aliphatic rings. The Bertz CT molecular complexity index is 4580. The Labute approximate surface area is 442 Å². The number of hydrogen-bond acceptors (Lipinski definition) is 1. The fraction of sp³-hybridized carbons (Fsp3) is 0.0411. The van der Waals surface area contributed by atoms with Gasteiger partial charge in [-0.05, 0) is 140 Å². The zero-order chi connectivity index (χ0) is 50.5. The van der Waals surface area contributed by atoms with E-state index in [2.05, 4.69) is 301 Å². The number of anilines is 3. The molecule has 0 saturated heterocycles. The summed E-state index contributed by atoms with van der Waals surface area (Å²) in [5, 5.41) is 8.49. The molecule has 0 amide bonds. The minimum atomic E-state index is -0.146. The molecule has 76 heavy (non-hydrogen) atoms. The normalized spacial score (nSPS) is 12.7. The van der Waals surface area contributed by atoms with Gasteiger partial charge in [0, 0.05) is 61.0 Å². The van der Waals surface area contributed by atoms with Crippen molar-refractivity contribution in [3.63, 3.8) is 0 Å². The molecule has 3 nitrogen and oxygen atoms in total. The van der Waals surface area contributed by atoms with Crippen LogP contribution in [-0.2, 0) is 5.41 Å². The van der Waals surface area contributed by atoms with Gasteiger partial charge in [-0.25, -0.2) is 0 Å². The predicted octanol–water partition coefficient (Wildman–Crippen LogP) is 19.8. The number of fused-ring (bicyclic) bond motifs is 10. The van der Waals surface area contributed by atoms with Crippen LogP contribution in [0.5, 0.6) is 0 Å². The Kier molecular flexibility index (Phi) is 9.92. The SMILES string of the molecule is CC1(C)c2ccccc2-c2ccc(N(c3ccc4cc(-c5cccc6c5ccc5c(-c7ccccc7)c(-c7ccccc7)n(-c7ccccc7)c56)ccc4c3)c3ccc4c(c3)c3ccccc3n4-c3ccccc3)cc21. The molecular formula is C73H51N3. The van der Waals surface area contributed by atoms with E-state index in [1.807, 2.05) is 0 Å². The van der Waals surface area contributed by atoms with Crippen molar-refractivity contribution in [3.05, 3.63) is 284 Å². The Morgan fingerprint density at radius 1 is 0.316 bits per heavy atom. The Morgan fingerprint density at radius 3 is 1.66 bits per heavy atom. The zero-order valence-corrected chi connectivity index (χ0v) is 42.3. The highest BCUT2D eigenvalue weighted by molar-refractivity contribution is 6.19. The van der Waals surface area contributed by atoms with Crippen LogP contribution < -0.4 is 4.90 Å². The first-order valence-electron chi connectivity index (χ1n) is 26.4. The summed E-state index contributed by atoms with van der Waals surface area (Å²) in [7, 11) is 0. The molecule has 0 unspecified atom stereocenters. The summed E-state index contributed by atoms with van der Waals surface area (Å²) in [6, 6.07) is 101. The number of aromatic nitrogens is 2. The van der Waals surface area contributed by atoms with Crippen molar-refractivity contribution in [2.45, 2.75) is 19.3 Å². The van der Waals surface area contributed by atoms with Crippen molar-refractivity contribution in [2.24, 2.45) is 0 Å². The van der Waals surface area contributed by atoms with Gasteiger partial charge in [-0.15, -0.1) is 0 Å². The molecule has 2 heterocycles. The van der Waals surface area contributed by atoms with Gasteiger partial charge in [0.05, 0.1) is 22.2 Å². The van der Waals surface area contributed by atoms with Crippen molar-refractivity contribution in [1.82, 2.24) is 9.13 Å². The molecule has 0 fully saturated rings. The molecule has 0 saturated carbocycles. The van der Waals surface area contributed by atoms with Gasteiger partial charge < -0.3 is 14.0 Å². The second kappa shape index (κ2) is 17.2. The standard InChI is InChI=1S/C73H51N3/c1-73(2)66-32-17-15-28-60(66)61-40-38-57(47-67(61)73)74(56-39-43-69-65(46-56)62-29-16-18-33-68(62)75(69)53-24-11-5-12-25-53)55-37-36-50-44-52(35-34-51(50)45-55)58-30-19-31-63-59(58)41-42-64-70(48-20-7-3-8-21-48)71(49-22-9-4-10-23-49)76(72(63)64)54-26-13-6-14-27-54/h3-47H,1-2H3. The van der Waals surface area contributed by atoms with Crippen LogP contribution in [0.25, 0.3) is 110 Å². The average molecular weight is 970 g/mol. The maximum atomic E-state index is 2.49. The van der Waals surface area contributed by atoms with Crippen molar-refractivity contribution >= 4 is 71.3 Å². The van der Waals surface area contributed by atoms with E-state index in [1.165, 1.54) is 110 Å². The largest absolute Gasteiger partial charge is 0.310 e. The van der Waals surface area contributed by atoms with Gasteiger partial charge in [0.1, 0.15) is 0 Å². The molecule has 0 N–H and O–H groups in total. The van der Waals surface area contributed by atoms with E-state index in [0.29, 0.717) is 0 Å². The Hall–Kier alpha value is -9.70. The Morgan fingerprint density at radius 2 is 0.868 bits per heavy atom. The highest BCUT2D eigenvalue weighted by Gasteiger charge is 2.36. The summed E-state index contributed by atoms with van der Waals surface area (Å²) < 4.78 is 4.89. The van der Waals surface area contributed by atoms with Gasteiger partial charge in [-0.3, -0.25) is 0 Å². The summed E-state index contributed by atoms with van der Waals surface area (Å²) in [5.74, 6) is 0. The minimum Gasteiger partial charge on any atom is -0.310 e. The smallest absolute Gasteiger partial charge is 0.0620 e. The molecule has 14 aromatic rings. The average Bonchev–Trinajstić information content (AvgIpc) is 4.14. The third-order valence-electron chi connectivity index (χ3n) is 16.3. The lowest BCUT2D eigenvalue weighted by Gasteiger charge is -2.28. The van der Waals surface area contributed by atoms with Crippen LogP contribution in [0.1, 0.15) is 25.0 Å². The van der Waals surface area contributed by atoms with Crippen molar-refractivity contribution in [3.8, 4) is 56.0 Å². The van der Waals surface area contributed by atoms with Gasteiger partial charge in [0.25, 0.3) is 0 Å². The summed E-state index contributed by atoms with van der Waals surface area (Å²) in [5.41, 5.74) is 21.6. The van der Waals surface area contributed by atoms with Crippen LogP contribution in [0.3, 0.4) is 0 Å². The molecule has 1 aliphatic carbocycles. The molecule has 12 aromatic carbocycles. The van der Waals surface area contributed by atoms with E-state index in [1.54, 1.807) is 0 Å². The molecule has 15 rings (SSSR count). The topological polar surface area (TPSA) is 13.1 Å². The van der Waals surface area contributed by atoms with Gasteiger partial charge in [-0.1, -0.05) is 208 Å². The first kappa shape index (κ1) is 43.8. The second-order valence-electron chi connectivity index (χ2n) is 20.9. The predicted molar refractivity (Wildman–Crippen MR) is 321 cm³/mol. The minimum absolute atomic E-state index is 0.146. The molecular weight excluding hydrogens is 919 g/mol. The monoisotopic (exact) mass is 969 g/mol. The Balaban J connectivity index is 0.895. The van der Waals surface area contributed by atoms with Gasteiger partial charge in [0.15, 0.2) is 0 Å². The van der Waals surface area contributed by atoms with E-state index >= 15 is 0 Å². The third-order valence-corrected chi connectivity index (χ3v) is 16.3. The quantitative estimate of drug-likeness (QED) is 0.148. The van der Waals surface area contributed by atoms with Crippen LogP contribution >= 0.6 is 0 Å². The highest BCUT2D eigenvalue weighted by Crippen LogP contribution is 2.52. The van der Waals surface area contributed by atoms with Crippen molar-refractivity contribution in [1.29, 1.82) is 0 Å². The van der Waals surface area contributed by atoms with E-state index in [9.17, 15) is 0 Å². The van der Waals surface area contributed by atoms with E-state index in [4.69, 9.17) is 0 Å². The fourth-order valence-corrected chi connectivity index (χ4v) is 12.8. The lowest BCUT2D eigenvalue weighted by atomic mass is 9.82. The van der Waals surface area contributed by atoms with Crippen LogP contribution in [0, 0.1) is 0 Å².